The van der Waals surface area contributed by atoms with E-state index in [0.29, 0.717) is 16.6 Å². The Morgan fingerprint density at radius 1 is 1.04 bits per heavy atom. The number of hydrogen-bond acceptors (Lipinski definition) is 3. The summed E-state index contributed by atoms with van der Waals surface area (Å²) in [6.45, 7) is 15.8. The molecule has 0 aliphatic heterocycles. The van der Waals surface area contributed by atoms with Crippen LogP contribution >= 0.6 is 0 Å². The number of alkyl carbamates (subject to hydrolysis) is 1. The van der Waals surface area contributed by atoms with Gasteiger partial charge in [0.25, 0.3) is 0 Å². The molecule has 0 heterocycles. The average molecular weight is 406 g/mol. The molecule has 0 radical (unpaired) electrons. The first kappa shape index (κ1) is 24.4. The van der Waals surface area contributed by atoms with Crippen LogP contribution in [0.25, 0.3) is 6.08 Å². The minimum absolute atomic E-state index is 0.0991. The predicted molar refractivity (Wildman–Crippen MR) is 121 cm³/mol. The number of ether oxygens (including phenoxy) is 1. The summed E-state index contributed by atoms with van der Waals surface area (Å²) in [7, 11) is -0.677. The lowest BCUT2D eigenvalue weighted by Crippen LogP contribution is -2.54. The zero-order valence-corrected chi connectivity index (χ0v) is 19.9. The molecular formula is C23H39NO3Si. The number of hydrogen-bond donors (Lipinski definition) is 1. The molecule has 0 aromatic heterocycles. The average Bonchev–Trinajstić information content (AvgIpc) is 2.66. The van der Waals surface area contributed by atoms with E-state index in [4.69, 9.17) is 9.16 Å². The largest absolute Gasteiger partial charge is 0.453 e. The Labute approximate surface area is 172 Å². The molecule has 1 rings (SSSR count). The molecular weight excluding hydrogens is 366 g/mol. The highest BCUT2D eigenvalue weighted by atomic mass is 28.4. The number of carbonyl (C=O) groups excluding carboxylic acids is 1. The lowest BCUT2D eigenvalue weighted by atomic mass is 10.1. The molecule has 0 aliphatic rings. The highest BCUT2D eigenvalue weighted by Gasteiger charge is 2.47. The van der Waals surface area contributed by atoms with Gasteiger partial charge in [-0.1, -0.05) is 91.0 Å². The van der Waals surface area contributed by atoms with E-state index in [1.165, 1.54) is 7.11 Å². The third-order valence-corrected chi connectivity index (χ3v) is 11.8. The van der Waals surface area contributed by atoms with Crippen LogP contribution in [-0.4, -0.2) is 33.7 Å². The Morgan fingerprint density at radius 2 is 1.57 bits per heavy atom. The molecule has 28 heavy (non-hydrogen) atoms. The zero-order valence-electron chi connectivity index (χ0n) is 18.9. The van der Waals surface area contributed by atoms with E-state index in [9.17, 15) is 4.79 Å². The normalized spacial score (nSPS) is 14.7. The number of carbonyl (C=O) groups is 1. The smallest absolute Gasteiger partial charge is 0.407 e. The molecule has 158 valence electrons. The van der Waals surface area contributed by atoms with Gasteiger partial charge in [0.1, 0.15) is 0 Å². The second-order valence-corrected chi connectivity index (χ2v) is 13.7. The summed E-state index contributed by atoms with van der Waals surface area (Å²) in [6, 6.07) is 9.84. The first-order chi connectivity index (χ1) is 13.2. The van der Waals surface area contributed by atoms with Crippen LogP contribution in [0, 0.1) is 0 Å². The molecule has 5 heteroatoms. The van der Waals surface area contributed by atoms with Crippen LogP contribution in [0.4, 0.5) is 4.79 Å². The van der Waals surface area contributed by atoms with E-state index < -0.39 is 14.4 Å². The summed E-state index contributed by atoms with van der Waals surface area (Å²) in [6.07, 6.45) is 4.35. The highest BCUT2D eigenvalue weighted by molar-refractivity contribution is 6.77. The second kappa shape index (κ2) is 11.4. The fourth-order valence-corrected chi connectivity index (χ4v) is 9.97. The summed E-state index contributed by atoms with van der Waals surface area (Å²) in [5, 5.41) is 2.98. The quantitative estimate of drug-likeness (QED) is 0.458. The SMILES string of the molecule is CC[C@H](O[Si](C(C)C)(C(C)C)C(C)C)[C@@H](/C=C/c1ccccc1)NC(=O)OC. The zero-order chi connectivity index (χ0) is 21.3. The van der Waals surface area contributed by atoms with Crippen molar-refractivity contribution in [3.63, 3.8) is 0 Å². The molecule has 2 atom stereocenters. The number of nitrogens with one attached hydrogen (secondary N) is 1. The van der Waals surface area contributed by atoms with E-state index >= 15 is 0 Å². The van der Waals surface area contributed by atoms with Crippen molar-refractivity contribution in [2.45, 2.75) is 83.7 Å². The predicted octanol–water partition coefficient (Wildman–Crippen LogP) is 6.40. The van der Waals surface area contributed by atoms with Gasteiger partial charge in [0.05, 0.1) is 19.3 Å². The molecule has 0 spiro atoms. The highest BCUT2D eigenvalue weighted by Crippen LogP contribution is 2.43. The molecule has 0 unspecified atom stereocenters. The lowest BCUT2D eigenvalue weighted by molar-refractivity contribution is 0.127. The standard InChI is InChI=1S/C23H39NO3Si/c1-9-22(27-28(17(2)3,18(4)5)19(6)7)21(24-23(25)26-8)16-15-20-13-11-10-12-14-20/h10-19,21-22H,9H2,1-8H3,(H,24,25)/b16-15+/t21-,22+/m1/s1. The number of amides is 1. The Hall–Kier alpha value is -1.59. The van der Waals surface area contributed by atoms with Gasteiger partial charge in [-0.2, -0.15) is 0 Å². The van der Waals surface area contributed by atoms with Gasteiger partial charge >= 0.3 is 6.09 Å². The molecule has 0 fully saturated rings. The summed E-state index contributed by atoms with van der Waals surface area (Å²) in [5.74, 6) is 0. The van der Waals surface area contributed by atoms with Crippen LogP contribution < -0.4 is 5.32 Å². The van der Waals surface area contributed by atoms with Crippen molar-refractivity contribution >= 4 is 20.5 Å². The van der Waals surface area contributed by atoms with Crippen LogP contribution in [0.1, 0.15) is 60.5 Å². The minimum Gasteiger partial charge on any atom is -0.453 e. The van der Waals surface area contributed by atoms with Gasteiger partial charge in [0.15, 0.2) is 0 Å². The second-order valence-electron chi connectivity index (χ2n) is 8.31. The Morgan fingerprint density at radius 3 is 2.00 bits per heavy atom. The first-order valence-corrected chi connectivity index (χ1v) is 12.6. The maximum Gasteiger partial charge on any atom is 0.407 e. The van der Waals surface area contributed by atoms with E-state index in [0.717, 1.165) is 12.0 Å². The third-order valence-electron chi connectivity index (χ3n) is 5.63. The van der Waals surface area contributed by atoms with E-state index in [1.807, 2.05) is 42.5 Å². The van der Waals surface area contributed by atoms with Crippen molar-refractivity contribution in [1.82, 2.24) is 5.32 Å². The van der Waals surface area contributed by atoms with Crippen LogP contribution in [0.2, 0.25) is 16.6 Å². The van der Waals surface area contributed by atoms with Crippen molar-refractivity contribution in [2.24, 2.45) is 0 Å². The monoisotopic (exact) mass is 405 g/mol. The fraction of sp³-hybridized carbons (Fsp3) is 0.609. The molecule has 0 saturated carbocycles. The van der Waals surface area contributed by atoms with Gasteiger partial charge in [-0.25, -0.2) is 4.79 Å². The summed E-state index contributed by atoms with van der Waals surface area (Å²) in [5.41, 5.74) is 2.55. The van der Waals surface area contributed by atoms with Crippen molar-refractivity contribution < 1.29 is 14.0 Å². The Bertz CT molecular complexity index is 592. The van der Waals surface area contributed by atoms with Gasteiger partial charge in [0, 0.05) is 0 Å². The fourth-order valence-electron chi connectivity index (χ4n) is 4.32. The van der Waals surface area contributed by atoms with Crippen molar-refractivity contribution in [3.05, 3.63) is 42.0 Å². The maximum atomic E-state index is 12.0. The molecule has 0 saturated heterocycles. The van der Waals surface area contributed by atoms with Crippen LogP contribution in [0.5, 0.6) is 0 Å². The molecule has 4 nitrogen and oxygen atoms in total. The topological polar surface area (TPSA) is 47.6 Å². The van der Waals surface area contributed by atoms with Crippen molar-refractivity contribution in [3.8, 4) is 0 Å². The summed E-state index contributed by atoms with van der Waals surface area (Å²) in [4.78, 5) is 12.0. The van der Waals surface area contributed by atoms with Crippen LogP contribution in [0.15, 0.2) is 36.4 Å². The van der Waals surface area contributed by atoms with Crippen molar-refractivity contribution in [1.29, 1.82) is 0 Å². The molecule has 1 N–H and O–H groups in total. The Kier molecular flexibility index (Phi) is 9.97. The number of benzene rings is 1. The van der Waals surface area contributed by atoms with E-state index in [1.54, 1.807) is 0 Å². The van der Waals surface area contributed by atoms with E-state index in [2.05, 4.69) is 53.8 Å². The van der Waals surface area contributed by atoms with Gasteiger partial charge in [-0.15, -0.1) is 0 Å². The number of methoxy groups -OCH3 is 1. The van der Waals surface area contributed by atoms with Crippen LogP contribution in [-0.2, 0) is 9.16 Å². The van der Waals surface area contributed by atoms with Gasteiger partial charge in [-0.3, -0.25) is 0 Å². The van der Waals surface area contributed by atoms with Crippen molar-refractivity contribution in [2.75, 3.05) is 7.11 Å². The lowest BCUT2D eigenvalue weighted by Gasteiger charge is -2.45. The molecule has 0 bridgehead atoms. The van der Waals surface area contributed by atoms with Gasteiger partial charge in [0.2, 0.25) is 8.32 Å². The molecule has 1 aromatic carbocycles. The molecule has 1 aromatic rings. The minimum atomic E-state index is -2.07. The maximum absolute atomic E-state index is 12.0. The molecule has 1 amide bonds. The van der Waals surface area contributed by atoms with E-state index in [-0.39, 0.29) is 12.1 Å². The summed E-state index contributed by atoms with van der Waals surface area (Å²) >= 11 is 0. The van der Waals surface area contributed by atoms with Gasteiger partial charge < -0.3 is 14.5 Å². The Balaban J connectivity index is 3.22. The van der Waals surface area contributed by atoms with Gasteiger partial charge in [-0.05, 0) is 28.6 Å². The van der Waals surface area contributed by atoms with Crippen LogP contribution in [0.3, 0.4) is 0 Å². The molecule has 0 aliphatic carbocycles. The first-order valence-electron chi connectivity index (χ1n) is 10.4. The summed E-state index contributed by atoms with van der Waals surface area (Å²) < 4.78 is 11.9. The number of rotatable bonds is 10. The third kappa shape index (κ3) is 6.21.